The number of rotatable bonds is 7. The van der Waals surface area contributed by atoms with E-state index in [2.05, 4.69) is 6.58 Å². The van der Waals surface area contributed by atoms with Crippen molar-refractivity contribution in [3.63, 3.8) is 0 Å². The molecule has 0 N–H and O–H groups in total. The van der Waals surface area contributed by atoms with E-state index in [9.17, 15) is 32.3 Å². The summed E-state index contributed by atoms with van der Waals surface area (Å²) < 4.78 is 48.0. The Labute approximate surface area is 188 Å². The zero-order chi connectivity index (χ0) is 24.9. The largest absolute Gasteiger partial charge is 0.459 e. The molecular formula is C20H24ClF3N2O6. The summed E-state index contributed by atoms with van der Waals surface area (Å²) in [7, 11) is 0.897. The molecule has 8 nitrogen and oxygen atoms in total. The SMILES string of the molecule is C=CCOC(=O)C(C)(C)OC(=O)C1=CC(N(C(C)=O)C(=O)N(C)CC(F)(F)F)CC=C1Cl. The molecule has 0 heterocycles. The molecule has 1 aliphatic carbocycles. The summed E-state index contributed by atoms with van der Waals surface area (Å²) in [4.78, 5) is 50.2. The molecule has 0 spiro atoms. The third-order valence-electron chi connectivity index (χ3n) is 4.17. The molecule has 0 fully saturated rings. The van der Waals surface area contributed by atoms with Crippen LogP contribution in [0.1, 0.15) is 27.2 Å². The van der Waals surface area contributed by atoms with Gasteiger partial charge in [-0.1, -0.05) is 30.3 Å². The lowest BCUT2D eigenvalue weighted by molar-refractivity contribution is -0.175. The summed E-state index contributed by atoms with van der Waals surface area (Å²) in [5.41, 5.74) is -1.96. The molecule has 0 aromatic carbocycles. The first-order chi connectivity index (χ1) is 14.6. The Morgan fingerprint density at radius 2 is 1.88 bits per heavy atom. The zero-order valence-corrected chi connectivity index (χ0v) is 18.7. The zero-order valence-electron chi connectivity index (χ0n) is 18.0. The second kappa shape index (κ2) is 10.7. The Balaban J connectivity index is 3.13. The van der Waals surface area contributed by atoms with Gasteiger partial charge in [-0.2, -0.15) is 13.2 Å². The molecule has 1 rings (SSSR count). The molecule has 0 aliphatic heterocycles. The maximum Gasteiger partial charge on any atom is 0.406 e. The lowest BCUT2D eigenvalue weighted by Gasteiger charge is -2.33. The average Bonchev–Trinajstić information content (AvgIpc) is 2.65. The maximum atomic E-state index is 12.7. The Hall–Kier alpha value is -2.82. The first kappa shape index (κ1) is 27.2. The van der Waals surface area contributed by atoms with Gasteiger partial charge in [-0.05, 0) is 26.3 Å². The fourth-order valence-corrected chi connectivity index (χ4v) is 2.92. The number of urea groups is 1. The van der Waals surface area contributed by atoms with E-state index >= 15 is 0 Å². The highest BCUT2D eigenvalue weighted by atomic mass is 35.5. The molecule has 0 saturated carbocycles. The molecule has 12 heteroatoms. The number of carbonyl (C=O) groups is 4. The first-order valence-electron chi connectivity index (χ1n) is 9.31. The van der Waals surface area contributed by atoms with Crippen molar-refractivity contribution >= 4 is 35.5 Å². The minimum Gasteiger partial charge on any atom is -0.459 e. The van der Waals surface area contributed by atoms with Gasteiger partial charge < -0.3 is 14.4 Å². The molecule has 1 unspecified atom stereocenters. The summed E-state index contributed by atoms with van der Waals surface area (Å²) in [6.45, 7) is 5.30. The quantitative estimate of drug-likeness (QED) is 0.410. The standard InChI is InChI=1S/C20H24ClF3N2O6/c1-6-9-31-17(29)19(3,4)32-16(28)14-10-13(7-8-15(14)21)26(12(2)27)18(30)25(5)11-20(22,23)24/h6,8,10,13H,1,7,9,11H2,2-5H3. The molecule has 3 amide bonds. The van der Waals surface area contributed by atoms with Crippen LogP contribution in [-0.4, -0.2) is 71.7 Å². The van der Waals surface area contributed by atoms with Crippen LogP contribution in [0.3, 0.4) is 0 Å². The monoisotopic (exact) mass is 480 g/mol. The molecular weight excluding hydrogens is 457 g/mol. The fraction of sp³-hybridized carbons (Fsp3) is 0.500. The number of amides is 3. The predicted octanol–water partition coefficient (Wildman–Crippen LogP) is 3.32. The van der Waals surface area contributed by atoms with Crippen molar-refractivity contribution in [3.05, 3.63) is 35.4 Å². The van der Waals surface area contributed by atoms with Crippen LogP contribution < -0.4 is 0 Å². The number of nitrogens with zero attached hydrogens (tertiary/aromatic N) is 2. The molecule has 0 saturated heterocycles. The molecule has 32 heavy (non-hydrogen) atoms. The van der Waals surface area contributed by atoms with E-state index in [1.165, 1.54) is 26.0 Å². The molecule has 0 radical (unpaired) electrons. The highest BCUT2D eigenvalue weighted by molar-refractivity contribution is 6.35. The van der Waals surface area contributed by atoms with E-state index in [-0.39, 0.29) is 23.6 Å². The van der Waals surface area contributed by atoms with Crippen LogP contribution in [0.5, 0.6) is 0 Å². The number of hydrogen-bond donors (Lipinski definition) is 0. The second-order valence-corrected chi connectivity index (χ2v) is 7.77. The van der Waals surface area contributed by atoms with E-state index in [0.717, 1.165) is 20.0 Å². The highest BCUT2D eigenvalue weighted by Gasteiger charge is 2.39. The molecule has 0 aromatic rings. The summed E-state index contributed by atoms with van der Waals surface area (Å²) in [6, 6.07) is -2.31. The van der Waals surface area contributed by atoms with Crippen LogP contribution in [0.15, 0.2) is 35.4 Å². The van der Waals surface area contributed by atoms with Gasteiger partial charge in [-0.25, -0.2) is 14.4 Å². The Morgan fingerprint density at radius 3 is 2.38 bits per heavy atom. The van der Waals surface area contributed by atoms with Crippen molar-refractivity contribution < 1.29 is 41.8 Å². The van der Waals surface area contributed by atoms with Crippen LogP contribution in [0.4, 0.5) is 18.0 Å². The van der Waals surface area contributed by atoms with Crippen molar-refractivity contribution in [2.45, 2.75) is 45.0 Å². The van der Waals surface area contributed by atoms with Gasteiger partial charge in [0.25, 0.3) is 0 Å². The van der Waals surface area contributed by atoms with Gasteiger partial charge in [0.2, 0.25) is 11.5 Å². The van der Waals surface area contributed by atoms with Crippen molar-refractivity contribution in [2.75, 3.05) is 20.2 Å². The Kier molecular flexibility index (Phi) is 9.07. The van der Waals surface area contributed by atoms with Gasteiger partial charge in [0.05, 0.1) is 16.6 Å². The number of ether oxygens (including phenoxy) is 2. The molecule has 1 atom stereocenters. The van der Waals surface area contributed by atoms with Crippen LogP contribution in [0.25, 0.3) is 0 Å². The summed E-state index contributed by atoms with van der Waals surface area (Å²) in [5, 5.41) is -0.0684. The van der Waals surface area contributed by atoms with E-state index < -0.39 is 48.2 Å². The lowest BCUT2D eigenvalue weighted by Crippen LogP contribution is -2.51. The van der Waals surface area contributed by atoms with Crippen molar-refractivity contribution in [3.8, 4) is 0 Å². The number of carbonyl (C=O) groups excluding carboxylic acids is 4. The smallest absolute Gasteiger partial charge is 0.406 e. The number of imide groups is 1. The fourth-order valence-electron chi connectivity index (χ4n) is 2.69. The molecule has 1 aliphatic rings. The van der Waals surface area contributed by atoms with E-state index in [1.54, 1.807) is 0 Å². The Bertz CT molecular complexity index is 851. The molecule has 0 aromatic heterocycles. The van der Waals surface area contributed by atoms with Crippen LogP contribution in [-0.2, 0) is 23.9 Å². The number of halogens is 4. The minimum absolute atomic E-state index is 0.0362. The number of alkyl halides is 3. The predicted molar refractivity (Wildman–Crippen MR) is 108 cm³/mol. The highest BCUT2D eigenvalue weighted by Crippen LogP contribution is 2.29. The molecule has 0 bridgehead atoms. The normalized spacial score (nSPS) is 16.3. The van der Waals surface area contributed by atoms with Crippen molar-refractivity contribution in [1.82, 2.24) is 9.80 Å². The maximum absolute atomic E-state index is 12.7. The Morgan fingerprint density at radius 1 is 1.28 bits per heavy atom. The number of hydrogen-bond acceptors (Lipinski definition) is 6. The van der Waals surface area contributed by atoms with Gasteiger partial charge >= 0.3 is 24.1 Å². The van der Waals surface area contributed by atoms with E-state index in [4.69, 9.17) is 21.1 Å². The summed E-state index contributed by atoms with van der Waals surface area (Å²) in [6.07, 6.45) is -0.924. The van der Waals surface area contributed by atoms with Crippen LogP contribution in [0, 0.1) is 0 Å². The van der Waals surface area contributed by atoms with Crippen LogP contribution >= 0.6 is 11.6 Å². The van der Waals surface area contributed by atoms with Gasteiger partial charge in [-0.15, -0.1) is 0 Å². The van der Waals surface area contributed by atoms with Crippen LogP contribution in [0.2, 0.25) is 0 Å². The van der Waals surface area contributed by atoms with E-state index in [1.807, 2.05) is 0 Å². The van der Waals surface area contributed by atoms with Gasteiger partial charge in [-0.3, -0.25) is 9.69 Å². The topological polar surface area (TPSA) is 93.2 Å². The van der Waals surface area contributed by atoms with Gasteiger partial charge in [0.1, 0.15) is 13.2 Å². The number of esters is 2. The van der Waals surface area contributed by atoms with Crippen molar-refractivity contribution in [1.29, 1.82) is 0 Å². The van der Waals surface area contributed by atoms with Gasteiger partial charge in [0.15, 0.2) is 0 Å². The summed E-state index contributed by atoms with van der Waals surface area (Å²) in [5.74, 6) is -2.73. The lowest BCUT2D eigenvalue weighted by atomic mass is 10.0. The average molecular weight is 481 g/mol. The van der Waals surface area contributed by atoms with Gasteiger partial charge in [0, 0.05) is 14.0 Å². The third kappa shape index (κ3) is 7.40. The van der Waals surface area contributed by atoms with Crippen molar-refractivity contribution in [2.24, 2.45) is 0 Å². The third-order valence-corrected chi connectivity index (χ3v) is 4.52. The first-order valence-corrected chi connectivity index (χ1v) is 9.69. The molecule has 178 valence electrons. The summed E-state index contributed by atoms with van der Waals surface area (Å²) >= 11 is 6.06. The minimum atomic E-state index is -4.67. The van der Waals surface area contributed by atoms with E-state index in [0.29, 0.717) is 9.80 Å². The second-order valence-electron chi connectivity index (χ2n) is 7.37.